The molecule has 8 heteroatoms. The van der Waals surface area contributed by atoms with Crippen molar-refractivity contribution in [3.63, 3.8) is 0 Å². The molecule has 1 unspecified atom stereocenters. The number of ether oxygens (including phenoxy) is 2. The number of sulfone groups is 1. The third-order valence-corrected chi connectivity index (χ3v) is 4.93. The maximum Gasteiger partial charge on any atom is 0.338 e. The number of benzene rings is 2. The SMILES string of the molecule is COc1ccc(CNC(=O)C(C)OC(=O)c2ccc(S(C)(=O)=O)cc2)cc1. The molecule has 0 aliphatic heterocycles. The number of amides is 1. The molecular weight excluding hydrogens is 370 g/mol. The summed E-state index contributed by atoms with van der Waals surface area (Å²) in [7, 11) is -1.77. The van der Waals surface area contributed by atoms with Crippen LogP contribution in [0.25, 0.3) is 0 Å². The van der Waals surface area contributed by atoms with Gasteiger partial charge in [-0.05, 0) is 48.9 Å². The van der Waals surface area contributed by atoms with Gasteiger partial charge in [0, 0.05) is 12.8 Å². The minimum absolute atomic E-state index is 0.101. The van der Waals surface area contributed by atoms with Crippen molar-refractivity contribution < 1.29 is 27.5 Å². The quantitative estimate of drug-likeness (QED) is 0.725. The molecule has 0 aliphatic rings. The number of rotatable bonds is 7. The van der Waals surface area contributed by atoms with Gasteiger partial charge in [0.1, 0.15) is 5.75 Å². The molecule has 2 rings (SSSR count). The third kappa shape index (κ3) is 5.82. The van der Waals surface area contributed by atoms with Crippen LogP contribution in [-0.4, -0.2) is 39.8 Å². The number of hydrogen-bond acceptors (Lipinski definition) is 6. The lowest BCUT2D eigenvalue weighted by atomic mass is 10.2. The van der Waals surface area contributed by atoms with E-state index in [9.17, 15) is 18.0 Å². The number of nitrogens with one attached hydrogen (secondary N) is 1. The average molecular weight is 391 g/mol. The van der Waals surface area contributed by atoms with Crippen molar-refractivity contribution in [2.45, 2.75) is 24.5 Å². The summed E-state index contributed by atoms with van der Waals surface area (Å²) in [6, 6.07) is 12.5. The van der Waals surface area contributed by atoms with Crippen molar-refractivity contribution in [1.29, 1.82) is 0 Å². The molecule has 1 atom stereocenters. The van der Waals surface area contributed by atoms with E-state index in [-0.39, 0.29) is 17.0 Å². The second-order valence-electron chi connectivity index (χ2n) is 5.91. The first-order valence-electron chi connectivity index (χ1n) is 8.12. The van der Waals surface area contributed by atoms with E-state index in [1.165, 1.54) is 31.2 Å². The molecular formula is C19H21NO6S. The summed E-state index contributed by atoms with van der Waals surface area (Å²) >= 11 is 0. The molecule has 1 N–H and O–H groups in total. The highest BCUT2D eigenvalue weighted by Crippen LogP contribution is 2.13. The number of carbonyl (C=O) groups is 2. The highest BCUT2D eigenvalue weighted by atomic mass is 32.2. The Labute approximate surface area is 158 Å². The summed E-state index contributed by atoms with van der Waals surface area (Å²) in [6.45, 7) is 1.75. The van der Waals surface area contributed by atoms with Crippen LogP contribution in [0.4, 0.5) is 0 Å². The van der Waals surface area contributed by atoms with Crippen LogP contribution in [0.3, 0.4) is 0 Å². The van der Waals surface area contributed by atoms with Crippen molar-refractivity contribution in [3.8, 4) is 5.75 Å². The van der Waals surface area contributed by atoms with E-state index in [1.54, 1.807) is 19.2 Å². The molecule has 0 heterocycles. The lowest BCUT2D eigenvalue weighted by molar-refractivity contribution is -0.129. The molecule has 2 aromatic carbocycles. The monoisotopic (exact) mass is 391 g/mol. The van der Waals surface area contributed by atoms with Crippen LogP contribution in [0, 0.1) is 0 Å². The molecule has 0 fully saturated rings. The predicted molar refractivity (Wildman–Crippen MR) is 99.3 cm³/mol. The largest absolute Gasteiger partial charge is 0.497 e. The lowest BCUT2D eigenvalue weighted by Crippen LogP contribution is -2.35. The lowest BCUT2D eigenvalue weighted by Gasteiger charge is -2.14. The normalized spacial score (nSPS) is 12.1. The van der Waals surface area contributed by atoms with Crippen molar-refractivity contribution in [2.24, 2.45) is 0 Å². The van der Waals surface area contributed by atoms with Crippen molar-refractivity contribution in [1.82, 2.24) is 5.32 Å². The van der Waals surface area contributed by atoms with Crippen molar-refractivity contribution in [3.05, 3.63) is 59.7 Å². The first kappa shape index (κ1) is 20.4. The minimum Gasteiger partial charge on any atom is -0.497 e. The van der Waals surface area contributed by atoms with Gasteiger partial charge in [0.2, 0.25) is 0 Å². The highest BCUT2D eigenvalue weighted by Gasteiger charge is 2.19. The minimum atomic E-state index is -3.34. The van der Waals surface area contributed by atoms with Crippen LogP contribution in [0.2, 0.25) is 0 Å². The number of esters is 1. The summed E-state index contributed by atoms with van der Waals surface area (Å²) in [5.41, 5.74) is 1.04. The molecule has 0 saturated heterocycles. The Morgan fingerprint density at radius 2 is 1.63 bits per heavy atom. The first-order chi connectivity index (χ1) is 12.7. The van der Waals surface area contributed by atoms with E-state index in [1.807, 2.05) is 12.1 Å². The third-order valence-electron chi connectivity index (χ3n) is 3.80. The van der Waals surface area contributed by atoms with E-state index in [4.69, 9.17) is 9.47 Å². The van der Waals surface area contributed by atoms with E-state index < -0.39 is 27.8 Å². The van der Waals surface area contributed by atoms with E-state index in [0.717, 1.165) is 11.8 Å². The van der Waals surface area contributed by atoms with Crippen molar-refractivity contribution >= 4 is 21.7 Å². The highest BCUT2D eigenvalue weighted by molar-refractivity contribution is 7.90. The van der Waals surface area contributed by atoms with E-state index >= 15 is 0 Å². The fourth-order valence-electron chi connectivity index (χ4n) is 2.20. The summed E-state index contributed by atoms with van der Waals surface area (Å²) in [5, 5.41) is 2.69. The van der Waals surface area contributed by atoms with Gasteiger partial charge < -0.3 is 14.8 Å². The number of carbonyl (C=O) groups excluding carboxylic acids is 2. The van der Waals surface area contributed by atoms with Crippen LogP contribution < -0.4 is 10.1 Å². The Bertz CT molecular complexity index is 904. The summed E-state index contributed by atoms with van der Waals surface area (Å²) < 4.78 is 33.1. The van der Waals surface area contributed by atoms with Gasteiger partial charge in [-0.2, -0.15) is 0 Å². The summed E-state index contributed by atoms with van der Waals surface area (Å²) in [5.74, 6) is -0.427. The molecule has 7 nitrogen and oxygen atoms in total. The van der Waals surface area contributed by atoms with Crippen LogP contribution in [0.15, 0.2) is 53.4 Å². The van der Waals surface area contributed by atoms with E-state index in [2.05, 4.69) is 5.32 Å². The fourth-order valence-corrected chi connectivity index (χ4v) is 2.83. The average Bonchev–Trinajstić information content (AvgIpc) is 2.65. The Kier molecular flexibility index (Phi) is 6.57. The van der Waals surface area contributed by atoms with E-state index in [0.29, 0.717) is 5.75 Å². The summed E-state index contributed by atoms with van der Waals surface area (Å²) in [4.78, 5) is 24.3. The number of hydrogen-bond donors (Lipinski definition) is 1. The molecule has 144 valence electrons. The molecule has 0 aliphatic carbocycles. The first-order valence-corrected chi connectivity index (χ1v) is 10.0. The topological polar surface area (TPSA) is 98.8 Å². The molecule has 0 aromatic heterocycles. The fraction of sp³-hybridized carbons (Fsp3) is 0.263. The van der Waals surface area contributed by atoms with Gasteiger partial charge in [-0.15, -0.1) is 0 Å². The second-order valence-corrected chi connectivity index (χ2v) is 7.93. The zero-order valence-electron chi connectivity index (χ0n) is 15.3. The van der Waals surface area contributed by atoms with Gasteiger partial charge in [-0.3, -0.25) is 4.79 Å². The molecule has 0 bridgehead atoms. The number of methoxy groups -OCH3 is 1. The van der Waals surface area contributed by atoms with Gasteiger partial charge >= 0.3 is 5.97 Å². The molecule has 0 radical (unpaired) electrons. The van der Waals surface area contributed by atoms with Gasteiger partial charge in [0.15, 0.2) is 15.9 Å². The predicted octanol–water partition coefficient (Wildman–Crippen LogP) is 1.96. The molecule has 27 heavy (non-hydrogen) atoms. The second kappa shape index (κ2) is 8.68. The van der Waals surface area contributed by atoms with Crippen molar-refractivity contribution in [2.75, 3.05) is 13.4 Å². The van der Waals surface area contributed by atoms with Gasteiger partial charge in [-0.1, -0.05) is 12.1 Å². The van der Waals surface area contributed by atoms with Gasteiger partial charge in [0.05, 0.1) is 17.6 Å². The maximum absolute atomic E-state index is 12.1. The molecule has 2 aromatic rings. The molecule has 0 spiro atoms. The smallest absolute Gasteiger partial charge is 0.338 e. The Balaban J connectivity index is 1.90. The Hall–Kier alpha value is -2.87. The van der Waals surface area contributed by atoms with Crippen LogP contribution in [-0.2, 0) is 25.9 Å². The molecule has 0 saturated carbocycles. The van der Waals surface area contributed by atoms with Crippen LogP contribution in [0.1, 0.15) is 22.8 Å². The zero-order valence-corrected chi connectivity index (χ0v) is 16.1. The van der Waals surface area contributed by atoms with Crippen LogP contribution >= 0.6 is 0 Å². The van der Waals surface area contributed by atoms with Crippen LogP contribution in [0.5, 0.6) is 5.75 Å². The Morgan fingerprint density at radius 1 is 1.04 bits per heavy atom. The summed E-state index contributed by atoms with van der Waals surface area (Å²) in [6.07, 6.45) is 0.0839. The Morgan fingerprint density at radius 3 is 2.15 bits per heavy atom. The maximum atomic E-state index is 12.1. The van der Waals surface area contributed by atoms with Gasteiger partial charge in [-0.25, -0.2) is 13.2 Å². The zero-order chi connectivity index (χ0) is 20.0. The molecule has 1 amide bonds. The van der Waals surface area contributed by atoms with Gasteiger partial charge in [0.25, 0.3) is 5.91 Å². The standard InChI is InChI=1S/C19H21NO6S/c1-13(18(21)20-12-14-4-8-16(25-2)9-5-14)26-19(22)15-6-10-17(11-7-15)27(3,23)24/h4-11,13H,12H2,1-3H3,(H,20,21).